The average Bonchev–Trinajstić information content (AvgIpc) is 2.31. The van der Waals surface area contributed by atoms with Gasteiger partial charge in [0.15, 0.2) is 0 Å². The van der Waals surface area contributed by atoms with Crippen LogP contribution in [0.15, 0.2) is 0 Å². The highest BCUT2D eigenvalue weighted by Gasteiger charge is 2.07. The quantitative estimate of drug-likeness (QED) is 0.422. The van der Waals surface area contributed by atoms with E-state index >= 15 is 0 Å². The normalized spacial score (nSPS) is 13.2. The average molecular weight is 241 g/mol. The minimum absolute atomic E-state index is 0.805. The Bertz CT molecular complexity index is 142. The van der Waals surface area contributed by atoms with Crippen LogP contribution in [0.3, 0.4) is 0 Å². The Hall–Kier alpha value is -0.0400. The Morgan fingerprint density at radius 3 is 1.59 bits per heavy atom. The molecule has 0 amide bonds. The molecule has 0 rings (SSSR count). The highest BCUT2D eigenvalue weighted by atomic mass is 15.1. The zero-order valence-corrected chi connectivity index (χ0v) is 12.8. The molecule has 17 heavy (non-hydrogen) atoms. The Morgan fingerprint density at radius 1 is 0.706 bits per heavy atom. The van der Waals surface area contributed by atoms with Crippen LogP contribution in [0.5, 0.6) is 0 Å². The van der Waals surface area contributed by atoms with Gasteiger partial charge in [-0.15, -0.1) is 0 Å². The summed E-state index contributed by atoms with van der Waals surface area (Å²) >= 11 is 0. The Balaban J connectivity index is 3.17. The first-order valence-corrected chi connectivity index (χ1v) is 7.88. The van der Waals surface area contributed by atoms with E-state index in [-0.39, 0.29) is 0 Å². The molecule has 0 aromatic carbocycles. The highest BCUT2D eigenvalue weighted by molar-refractivity contribution is 4.63. The fraction of sp³-hybridized carbons (Fsp3) is 1.00. The van der Waals surface area contributed by atoms with Crippen molar-refractivity contribution in [1.82, 2.24) is 4.90 Å². The van der Waals surface area contributed by atoms with E-state index in [1.807, 2.05) is 0 Å². The lowest BCUT2D eigenvalue weighted by Gasteiger charge is -2.22. The lowest BCUT2D eigenvalue weighted by Crippen LogP contribution is -2.26. The van der Waals surface area contributed by atoms with Crippen molar-refractivity contribution < 1.29 is 0 Å². The summed E-state index contributed by atoms with van der Waals surface area (Å²) in [6, 6.07) is 0.805. The summed E-state index contributed by atoms with van der Waals surface area (Å²) in [5, 5.41) is 0. The number of nitrogens with zero attached hydrogens (tertiary/aromatic N) is 1. The molecule has 0 bridgehead atoms. The molecular weight excluding hydrogens is 206 g/mol. The minimum Gasteiger partial charge on any atom is -0.306 e. The van der Waals surface area contributed by atoms with Gasteiger partial charge in [-0.05, 0) is 26.9 Å². The molecule has 0 aromatic heterocycles. The van der Waals surface area contributed by atoms with Gasteiger partial charge in [0.05, 0.1) is 0 Å². The van der Waals surface area contributed by atoms with Gasteiger partial charge >= 0.3 is 0 Å². The number of hydrogen-bond acceptors (Lipinski definition) is 1. The Kier molecular flexibility index (Phi) is 12.4. The van der Waals surface area contributed by atoms with E-state index in [0.717, 1.165) is 6.04 Å². The maximum Gasteiger partial charge on any atom is 0.00865 e. The van der Waals surface area contributed by atoms with E-state index in [0.29, 0.717) is 0 Å². The van der Waals surface area contributed by atoms with Gasteiger partial charge in [0.25, 0.3) is 0 Å². The molecular formula is C16H35N. The van der Waals surface area contributed by atoms with Crippen LogP contribution in [0, 0.1) is 0 Å². The van der Waals surface area contributed by atoms with Crippen LogP contribution in [-0.4, -0.2) is 25.0 Å². The van der Waals surface area contributed by atoms with Crippen molar-refractivity contribution in [1.29, 1.82) is 0 Å². The van der Waals surface area contributed by atoms with Crippen molar-refractivity contribution in [2.75, 3.05) is 14.1 Å². The molecule has 0 aliphatic heterocycles. The second kappa shape index (κ2) is 12.4. The fourth-order valence-electron chi connectivity index (χ4n) is 2.52. The van der Waals surface area contributed by atoms with Crippen LogP contribution in [0.1, 0.15) is 84.5 Å². The molecule has 0 radical (unpaired) electrons. The third-order valence-electron chi connectivity index (χ3n) is 3.84. The predicted octanol–water partition coefficient (Wildman–Crippen LogP) is 5.25. The van der Waals surface area contributed by atoms with E-state index in [9.17, 15) is 0 Å². The van der Waals surface area contributed by atoms with Crippen molar-refractivity contribution in [3.8, 4) is 0 Å². The molecule has 0 aromatic rings. The second-order valence-electron chi connectivity index (χ2n) is 5.64. The van der Waals surface area contributed by atoms with Crippen LogP contribution in [0.4, 0.5) is 0 Å². The third-order valence-corrected chi connectivity index (χ3v) is 3.84. The molecule has 0 heterocycles. The zero-order chi connectivity index (χ0) is 12.9. The maximum atomic E-state index is 2.38. The van der Waals surface area contributed by atoms with Crippen LogP contribution in [0.2, 0.25) is 0 Å². The standard InChI is InChI=1S/C16H35N/c1-5-7-8-9-10-11-12-13-14-15-16(6-2)17(3)4/h16H,5-15H2,1-4H3. The SMILES string of the molecule is CCCCCCCCCCCC(CC)N(C)C. The molecule has 1 atom stereocenters. The predicted molar refractivity (Wildman–Crippen MR) is 79.6 cm³/mol. The molecule has 1 unspecified atom stereocenters. The van der Waals surface area contributed by atoms with Gasteiger partial charge in [-0.2, -0.15) is 0 Å². The van der Waals surface area contributed by atoms with E-state index in [2.05, 4.69) is 32.8 Å². The summed E-state index contributed by atoms with van der Waals surface area (Å²) in [7, 11) is 4.42. The third kappa shape index (κ3) is 10.8. The van der Waals surface area contributed by atoms with Crippen molar-refractivity contribution in [3.05, 3.63) is 0 Å². The van der Waals surface area contributed by atoms with E-state index in [1.54, 1.807) is 0 Å². The molecule has 0 aliphatic rings. The molecule has 0 fully saturated rings. The highest BCUT2D eigenvalue weighted by Crippen LogP contribution is 2.13. The van der Waals surface area contributed by atoms with E-state index < -0.39 is 0 Å². The Labute approximate surface area is 110 Å². The van der Waals surface area contributed by atoms with Gasteiger partial charge in [-0.25, -0.2) is 0 Å². The lowest BCUT2D eigenvalue weighted by molar-refractivity contribution is 0.264. The summed E-state index contributed by atoms with van der Waals surface area (Å²) in [6.07, 6.45) is 15.6. The summed E-state index contributed by atoms with van der Waals surface area (Å²) in [6.45, 7) is 4.59. The lowest BCUT2D eigenvalue weighted by atomic mass is 10.0. The molecule has 0 aliphatic carbocycles. The largest absolute Gasteiger partial charge is 0.306 e. The first-order valence-electron chi connectivity index (χ1n) is 7.88. The molecule has 0 saturated carbocycles. The monoisotopic (exact) mass is 241 g/mol. The van der Waals surface area contributed by atoms with Crippen molar-refractivity contribution >= 4 is 0 Å². The summed E-state index contributed by atoms with van der Waals surface area (Å²) in [4.78, 5) is 2.38. The second-order valence-corrected chi connectivity index (χ2v) is 5.64. The molecule has 1 nitrogen and oxygen atoms in total. The van der Waals surface area contributed by atoms with Gasteiger partial charge in [-0.3, -0.25) is 0 Å². The minimum atomic E-state index is 0.805. The zero-order valence-electron chi connectivity index (χ0n) is 12.8. The van der Waals surface area contributed by atoms with Gasteiger partial charge in [0, 0.05) is 6.04 Å². The number of unbranched alkanes of at least 4 members (excludes halogenated alkanes) is 8. The van der Waals surface area contributed by atoms with Crippen molar-refractivity contribution in [2.24, 2.45) is 0 Å². The maximum absolute atomic E-state index is 2.38. The summed E-state index contributed by atoms with van der Waals surface area (Å²) in [5.74, 6) is 0. The fourth-order valence-corrected chi connectivity index (χ4v) is 2.52. The van der Waals surface area contributed by atoms with Gasteiger partial charge in [0.1, 0.15) is 0 Å². The molecule has 104 valence electrons. The number of rotatable bonds is 12. The van der Waals surface area contributed by atoms with Crippen LogP contribution in [-0.2, 0) is 0 Å². The first-order chi connectivity index (χ1) is 8.22. The van der Waals surface area contributed by atoms with E-state index in [1.165, 1.54) is 70.6 Å². The van der Waals surface area contributed by atoms with Crippen molar-refractivity contribution in [3.63, 3.8) is 0 Å². The summed E-state index contributed by atoms with van der Waals surface area (Å²) < 4.78 is 0. The summed E-state index contributed by atoms with van der Waals surface area (Å²) in [5.41, 5.74) is 0. The molecule has 0 spiro atoms. The number of hydrogen-bond donors (Lipinski definition) is 0. The molecule has 0 N–H and O–H groups in total. The van der Waals surface area contributed by atoms with Crippen molar-refractivity contribution in [2.45, 2.75) is 90.5 Å². The Morgan fingerprint density at radius 2 is 1.18 bits per heavy atom. The first kappa shape index (κ1) is 17.0. The van der Waals surface area contributed by atoms with Gasteiger partial charge in [0.2, 0.25) is 0 Å². The topological polar surface area (TPSA) is 3.24 Å². The molecule has 1 heteroatoms. The molecule has 0 saturated heterocycles. The van der Waals surface area contributed by atoms with Crippen LogP contribution in [0.25, 0.3) is 0 Å². The van der Waals surface area contributed by atoms with Gasteiger partial charge in [-0.1, -0.05) is 71.6 Å². The smallest absolute Gasteiger partial charge is 0.00865 e. The van der Waals surface area contributed by atoms with Crippen LogP contribution < -0.4 is 0 Å². The van der Waals surface area contributed by atoms with E-state index in [4.69, 9.17) is 0 Å². The van der Waals surface area contributed by atoms with Crippen LogP contribution >= 0.6 is 0 Å². The van der Waals surface area contributed by atoms with Gasteiger partial charge < -0.3 is 4.90 Å².